The quantitative estimate of drug-likeness (QED) is 0.675. The number of hydrogen-bond donors (Lipinski definition) is 1. The van der Waals surface area contributed by atoms with E-state index in [2.05, 4.69) is 18.4 Å². The van der Waals surface area contributed by atoms with Gasteiger partial charge in [-0.15, -0.1) is 6.58 Å². The summed E-state index contributed by atoms with van der Waals surface area (Å²) in [6, 6.07) is 0. The van der Waals surface area contributed by atoms with Gasteiger partial charge in [-0.3, -0.25) is 4.90 Å². The lowest BCUT2D eigenvalue weighted by atomic mass is 9.82. The summed E-state index contributed by atoms with van der Waals surface area (Å²) in [6.45, 7) is 10.7. The first-order valence-electron chi connectivity index (χ1n) is 5.72. The predicted octanol–water partition coefficient (Wildman–Crippen LogP) is 1.28. The maximum Gasteiger partial charge on any atom is 0.0558 e. The normalized spacial score (nSPS) is 20.5. The fraction of sp³-hybridized carbons (Fsp3) is 0.833. The van der Waals surface area contributed by atoms with Gasteiger partial charge in [-0.25, -0.2) is 0 Å². The molecule has 1 N–H and O–H groups in total. The van der Waals surface area contributed by atoms with Crippen LogP contribution in [0.4, 0.5) is 0 Å². The first-order chi connectivity index (χ1) is 7.20. The molecule has 0 bridgehead atoms. The van der Waals surface area contributed by atoms with Crippen LogP contribution in [0.3, 0.4) is 0 Å². The van der Waals surface area contributed by atoms with Crippen molar-refractivity contribution in [3.8, 4) is 0 Å². The fourth-order valence-corrected chi connectivity index (χ4v) is 2.12. The van der Waals surface area contributed by atoms with Crippen molar-refractivity contribution >= 4 is 0 Å². The van der Waals surface area contributed by atoms with Crippen molar-refractivity contribution in [1.82, 2.24) is 4.90 Å². The number of nitrogens with zero attached hydrogens (tertiary/aromatic N) is 1. The smallest absolute Gasteiger partial charge is 0.0558 e. The summed E-state index contributed by atoms with van der Waals surface area (Å²) in [5.41, 5.74) is 0.344. The molecule has 0 aliphatic carbocycles. The number of ether oxygens (including phenoxy) is 1. The number of aliphatic hydroxyl groups is 1. The van der Waals surface area contributed by atoms with E-state index < -0.39 is 0 Å². The topological polar surface area (TPSA) is 32.7 Å². The van der Waals surface area contributed by atoms with E-state index in [0.717, 1.165) is 45.7 Å². The molecule has 15 heavy (non-hydrogen) atoms. The predicted molar refractivity (Wildman–Crippen MR) is 61.9 cm³/mol. The Morgan fingerprint density at radius 3 is 2.67 bits per heavy atom. The molecule has 0 aromatic rings. The summed E-state index contributed by atoms with van der Waals surface area (Å²) in [5.74, 6) is 0. The highest BCUT2D eigenvalue weighted by atomic mass is 16.5. The standard InChI is InChI=1S/C12H23NO2/c1-3-6-13(7-8-14)11-12(2)4-9-15-10-5-12/h3,14H,1,4-11H2,2H3. The van der Waals surface area contributed by atoms with E-state index in [4.69, 9.17) is 9.84 Å². The molecule has 0 amide bonds. The second-order valence-electron chi connectivity index (χ2n) is 4.67. The minimum absolute atomic E-state index is 0.223. The van der Waals surface area contributed by atoms with Gasteiger partial charge in [0.25, 0.3) is 0 Å². The van der Waals surface area contributed by atoms with Gasteiger partial charge < -0.3 is 9.84 Å². The molecular weight excluding hydrogens is 190 g/mol. The summed E-state index contributed by atoms with van der Waals surface area (Å²) >= 11 is 0. The van der Waals surface area contributed by atoms with Crippen LogP contribution in [0.2, 0.25) is 0 Å². The molecule has 0 atom stereocenters. The average Bonchev–Trinajstić information content (AvgIpc) is 2.19. The fourth-order valence-electron chi connectivity index (χ4n) is 2.12. The van der Waals surface area contributed by atoms with E-state index >= 15 is 0 Å². The lowest BCUT2D eigenvalue weighted by molar-refractivity contribution is 0.00478. The second-order valence-corrected chi connectivity index (χ2v) is 4.67. The Morgan fingerprint density at radius 2 is 2.13 bits per heavy atom. The van der Waals surface area contributed by atoms with Crippen molar-refractivity contribution in [2.24, 2.45) is 5.41 Å². The summed E-state index contributed by atoms with van der Waals surface area (Å²) in [5, 5.41) is 8.98. The van der Waals surface area contributed by atoms with Crippen LogP contribution in [0.1, 0.15) is 19.8 Å². The molecule has 0 aromatic heterocycles. The van der Waals surface area contributed by atoms with Crippen molar-refractivity contribution in [3.63, 3.8) is 0 Å². The molecule has 1 fully saturated rings. The van der Waals surface area contributed by atoms with Crippen molar-refractivity contribution in [2.45, 2.75) is 19.8 Å². The molecule has 1 aliphatic heterocycles. The van der Waals surface area contributed by atoms with E-state index in [1.807, 2.05) is 6.08 Å². The van der Waals surface area contributed by atoms with E-state index in [9.17, 15) is 0 Å². The highest BCUT2D eigenvalue weighted by Crippen LogP contribution is 2.30. The molecule has 1 saturated heterocycles. The van der Waals surface area contributed by atoms with Crippen molar-refractivity contribution in [2.75, 3.05) is 39.5 Å². The number of hydrogen-bond acceptors (Lipinski definition) is 3. The van der Waals surface area contributed by atoms with Crippen LogP contribution in [0.25, 0.3) is 0 Å². The van der Waals surface area contributed by atoms with Crippen LogP contribution in [0, 0.1) is 5.41 Å². The Labute approximate surface area is 92.7 Å². The van der Waals surface area contributed by atoms with E-state index in [1.165, 1.54) is 0 Å². The lowest BCUT2D eigenvalue weighted by Crippen LogP contribution is -2.40. The molecule has 88 valence electrons. The monoisotopic (exact) mass is 213 g/mol. The van der Waals surface area contributed by atoms with Crippen molar-refractivity contribution < 1.29 is 9.84 Å². The van der Waals surface area contributed by atoms with Gasteiger partial charge in [0.15, 0.2) is 0 Å². The molecule has 0 unspecified atom stereocenters. The second kappa shape index (κ2) is 6.26. The maximum atomic E-state index is 8.98. The van der Waals surface area contributed by atoms with E-state index in [1.54, 1.807) is 0 Å². The van der Waals surface area contributed by atoms with Crippen LogP contribution in [0.15, 0.2) is 12.7 Å². The minimum Gasteiger partial charge on any atom is -0.395 e. The molecule has 0 saturated carbocycles. The molecule has 0 aromatic carbocycles. The zero-order valence-corrected chi connectivity index (χ0v) is 9.74. The van der Waals surface area contributed by atoms with Crippen LogP contribution in [-0.2, 0) is 4.74 Å². The summed E-state index contributed by atoms with van der Waals surface area (Å²) in [4.78, 5) is 2.26. The number of aliphatic hydroxyl groups excluding tert-OH is 1. The Bertz CT molecular complexity index is 188. The summed E-state index contributed by atoms with van der Waals surface area (Å²) in [6.07, 6.45) is 4.14. The van der Waals surface area contributed by atoms with E-state index in [-0.39, 0.29) is 6.61 Å². The van der Waals surface area contributed by atoms with Gasteiger partial charge in [-0.1, -0.05) is 13.0 Å². The molecule has 0 radical (unpaired) electrons. The Hall–Kier alpha value is -0.380. The van der Waals surface area contributed by atoms with Crippen LogP contribution in [0.5, 0.6) is 0 Å². The molecule has 1 heterocycles. The van der Waals surface area contributed by atoms with Gasteiger partial charge >= 0.3 is 0 Å². The first kappa shape index (κ1) is 12.7. The summed E-state index contributed by atoms with van der Waals surface area (Å²) < 4.78 is 5.38. The molecular formula is C12H23NO2. The molecule has 0 spiro atoms. The molecule has 1 aliphatic rings. The third-order valence-corrected chi connectivity index (χ3v) is 3.11. The van der Waals surface area contributed by atoms with Crippen LogP contribution < -0.4 is 0 Å². The Morgan fingerprint density at radius 1 is 1.47 bits per heavy atom. The highest BCUT2D eigenvalue weighted by molar-refractivity contribution is 4.83. The highest BCUT2D eigenvalue weighted by Gasteiger charge is 2.29. The Balaban J connectivity index is 2.43. The Kier molecular flexibility index (Phi) is 5.29. The van der Waals surface area contributed by atoms with Crippen molar-refractivity contribution in [3.05, 3.63) is 12.7 Å². The van der Waals surface area contributed by atoms with Gasteiger partial charge in [0, 0.05) is 32.8 Å². The van der Waals surface area contributed by atoms with Gasteiger partial charge in [0.1, 0.15) is 0 Å². The largest absolute Gasteiger partial charge is 0.395 e. The zero-order valence-electron chi connectivity index (χ0n) is 9.74. The minimum atomic E-state index is 0.223. The van der Waals surface area contributed by atoms with Gasteiger partial charge in [0.05, 0.1) is 6.61 Å². The van der Waals surface area contributed by atoms with Gasteiger partial charge in [0.2, 0.25) is 0 Å². The number of rotatable bonds is 6. The average molecular weight is 213 g/mol. The molecule has 3 heteroatoms. The molecule has 3 nitrogen and oxygen atoms in total. The van der Waals surface area contributed by atoms with Crippen LogP contribution >= 0.6 is 0 Å². The van der Waals surface area contributed by atoms with Crippen LogP contribution in [-0.4, -0.2) is 49.5 Å². The molecule has 1 rings (SSSR count). The third-order valence-electron chi connectivity index (χ3n) is 3.11. The summed E-state index contributed by atoms with van der Waals surface area (Å²) in [7, 11) is 0. The van der Waals surface area contributed by atoms with E-state index in [0.29, 0.717) is 5.41 Å². The van der Waals surface area contributed by atoms with Gasteiger partial charge in [-0.2, -0.15) is 0 Å². The maximum absolute atomic E-state index is 8.98. The lowest BCUT2D eigenvalue weighted by Gasteiger charge is -2.37. The van der Waals surface area contributed by atoms with Crippen molar-refractivity contribution in [1.29, 1.82) is 0 Å². The van der Waals surface area contributed by atoms with Gasteiger partial charge in [-0.05, 0) is 18.3 Å². The SMILES string of the molecule is C=CCN(CCO)CC1(C)CCOCC1. The first-order valence-corrected chi connectivity index (χ1v) is 5.72. The third kappa shape index (κ3) is 4.33. The zero-order chi connectivity index (χ0) is 11.1.